The minimum Gasteiger partial charge on any atom is -0.421 e. The molecule has 0 unspecified atom stereocenters. The highest BCUT2D eigenvalue weighted by Gasteiger charge is 2.16. The fourth-order valence-electron chi connectivity index (χ4n) is 2.43. The Morgan fingerprint density at radius 1 is 1.04 bits per heavy atom. The second-order valence-corrected chi connectivity index (χ2v) is 5.25. The zero-order valence-corrected chi connectivity index (χ0v) is 13.4. The highest BCUT2D eigenvalue weighted by molar-refractivity contribution is 6.05. The van der Waals surface area contributed by atoms with Gasteiger partial charge in [0.15, 0.2) is 5.69 Å². The third-order valence-electron chi connectivity index (χ3n) is 3.51. The molecule has 0 aliphatic rings. The summed E-state index contributed by atoms with van der Waals surface area (Å²) >= 11 is 0. The molecular weight excluding hydrogens is 325 g/mol. The van der Waals surface area contributed by atoms with Crippen molar-refractivity contribution in [3.63, 3.8) is 0 Å². The van der Waals surface area contributed by atoms with Gasteiger partial charge < -0.3 is 15.1 Å². The van der Waals surface area contributed by atoms with E-state index in [0.717, 1.165) is 0 Å². The summed E-state index contributed by atoms with van der Waals surface area (Å²) in [5, 5.41) is 8.81. The minimum absolute atomic E-state index is 0.0140. The highest BCUT2D eigenvalue weighted by atomic mass is 19.1. The molecule has 0 aliphatic heterocycles. The van der Waals surface area contributed by atoms with Gasteiger partial charge in [-0.1, -0.05) is 12.1 Å². The summed E-state index contributed by atoms with van der Waals surface area (Å²) in [6, 6.07) is 11.7. The van der Waals surface area contributed by atoms with Crippen molar-refractivity contribution in [1.29, 1.82) is 0 Å². The lowest BCUT2D eigenvalue weighted by Gasteiger charge is -2.13. The van der Waals surface area contributed by atoms with Gasteiger partial charge in [0, 0.05) is 17.6 Å². The quantitative estimate of drug-likeness (QED) is 0.626. The molecule has 1 heterocycles. The van der Waals surface area contributed by atoms with E-state index in [0.29, 0.717) is 28.9 Å². The third kappa shape index (κ3) is 3.60. The number of halogens is 1. The molecule has 0 aliphatic carbocycles. The Hall–Kier alpha value is -3.35. The van der Waals surface area contributed by atoms with Gasteiger partial charge >= 0.3 is 11.7 Å². The molecule has 0 fully saturated rings. The molecule has 1 aromatic heterocycles. The molecule has 0 bridgehead atoms. The summed E-state index contributed by atoms with van der Waals surface area (Å²) in [7, 11) is 0. The zero-order chi connectivity index (χ0) is 17.8. The Morgan fingerprint density at radius 2 is 1.76 bits per heavy atom. The van der Waals surface area contributed by atoms with Crippen LogP contribution in [0.2, 0.25) is 0 Å². The lowest BCUT2D eigenvalue weighted by molar-refractivity contribution is 0.262. The van der Waals surface area contributed by atoms with Gasteiger partial charge in [0.2, 0.25) is 0 Å². The highest BCUT2D eigenvalue weighted by Crippen LogP contribution is 2.28. The number of hydrogen-bond donors (Lipinski definition) is 3. The fraction of sp³-hybridized carbons (Fsp3) is 0.111. The number of anilines is 3. The smallest absolute Gasteiger partial charge is 0.362 e. The van der Waals surface area contributed by atoms with Crippen LogP contribution in [0.5, 0.6) is 0 Å². The van der Waals surface area contributed by atoms with E-state index >= 15 is 0 Å². The molecule has 25 heavy (non-hydrogen) atoms. The molecule has 2 aromatic carbocycles. The van der Waals surface area contributed by atoms with Gasteiger partial charge in [-0.2, -0.15) is 0 Å². The molecule has 2 amide bonds. The van der Waals surface area contributed by atoms with Crippen LogP contribution in [0, 0.1) is 5.82 Å². The Labute approximate surface area is 142 Å². The maximum atomic E-state index is 12.9. The summed E-state index contributed by atoms with van der Waals surface area (Å²) in [5.41, 5.74) is 0.662. The normalized spacial score (nSPS) is 10.5. The predicted molar refractivity (Wildman–Crippen MR) is 95.7 cm³/mol. The first-order valence-electron chi connectivity index (χ1n) is 7.71. The lowest BCUT2D eigenvalue weighted by atomic mass is 10.2. The summed E-state index contributed by atoms with van der Waals surface area (Å²) < 4.78 is 18.2. The Morgan fingerprint density at radius 3 is 2.48 bits per heavy atom. The summed E-state index contributed by atoms with van der Waals surface area (Å²) in [6.45, 7) is 2.44. The van der Waals surface area contributed by atoms with Crippen molar-refractivity contribution in [3.05, 3.63) is 64.8 Å². The third-order valence-corrected chi connectivity index (χ3v) is 3.51. The molecule has 0 saturated carbocycles. The van der Waals surface area contributed by atoms with E-state index in [9.17, 15) is 14.0 Å². The van der Waals surface area contributed by atoms with Crippen molar-refractivity contribution < 1.29 is 13.6 Å². The molecule has 3 aromatic rings. The maximum Gasteiger partial charge on any atom is 0.362 e. The van der Waals surface area contributed by atoms with Crippen LogP contribution in [-0.4, -0.2) is 12.6 Å². The van der Waals surface area contributed by atoms with Gasteiger partial charge in [-0.05, 0) is 43.3 Å². The molecule has 6 nitrogen and oxygen atoms in total. The monoisotopic (exact) mass is 341 g/mol. The molecule has 7 heteroatoms. The Bertz CT molecular complexity index is 967. The van der Waals surface area contributed by atoms with E-state index in [1.54, 1.807) is 18.2 Å². The van der Waals surface area contributed by atoms with Gasteiger partial charge in [-0.15, -0.1) is 0 Å². The van der Waals surface area contributed by atoms with E-state index in [1.807, 2.05) is 13.0 Å². The van der Waals surface area contributed by atoms with E-state index in [2.05, 4.69) is 16.0 Å². The number of carbonyl (C=O) groups excluding carboxylic acids is 1. The van der Waals surface area contributed by atoms with Crippen LogP contribution >= 0.6 is 0 Å². The zero-order valence-electron chi connectivity index (χ0n) is 13.4. The van der Waals surface area contributed by atoms with Gasteiger partial charge in [0.05, 0.1) is 5.69 Å². The largest absolute Gasteiger partial charge is 0.421 e. The Balaban J connectivity index is 1.93. The van der Waals surface area contributed by atoms with Crippen LogP contribution in [-0.2, 0) is 0 Å². The van der Waals surface area contributed by atoms with Gasteiger partial charge in [-0.3, -0.25) is 5.32 Å². The molecular formula is C18H16FN3O3. The van der Waals surface area contributed by atoms with E-state index < -0.39 is 17.5 Å². The van der Waals surface area contributed by atoms with Crippen molar-refractivity contribution in [1.82, 2.24) is 0 Å². The number of benzene rings is 2. The molecule has 3 N–H and O–H groups in total. The molecule has 0 saturated heterocycles. The molecule has 0 spiro atoms. The number of fused-ring (bicyclic) bond motifs is 1. The first-order chi connectivity index (χ1) is 12.1. The average molecular weight is 341 g/mol. The van der Waals surface area contributed by atoms with Crippen molar-refractivity contribution in [2.75, 3.05) is 22.5 Å². The maximum absolute atomic E-state index is 12.9. The number of hydrogen-bond acceptors (Lipinski definition) is 4. The van der Waals surface area contributed by atoms with Gasteiger partial charge in [-0.25, -0.2) is 14.0 Å². The topological polar surface area (TPSA) is 83.4 Å². The first-order valence-corrected chi connectivity index (χ1v) is 7.71. The van der Waals surface area contributed by atoms with E-state index in [4.69, 9.17) is 4.42 Å². The molecule has 3 rings (SSSR count). The number of nitrogens with one attached hydrogen (secondary N) is 3. The van der Waals surface area contributed by atoms with Crippen LogP contribution in [0.3, 0.4) is 0 Å². The number of carbonyl (C=O) groups is 1. The first kappa shape index (κ1) is 16.5. The van der Waals surface area contributed by atoms with Crippen LogP contribution in [0.25, 0.3) is 11.0 Å². The van der Waals surface area contributed by atoms with Crippen LogP contribution in [0.15, 0.2) is 57.7 Å². The second kappa shape index (κ2) is 7.04. The summed E-state index contributed by atoms with van der Waals surface area (Å²) in [6.07, 6.45) is 0. The Kier molecular flexibility index (Phi) is 4.65. The molecule has 0 radical (unpaired) electrons. The van der Waals surface area contributed by atoms with Crippen molar-refractivity contribution in [2.24, 2.45) is 0 Å². The number of rotatable bonds is 4. The number of amides is 2. The number of urea groups is 1. The van der Waals surface area contributed by atoms with Crippen LogP contribution in [0.4, 0.5) is 26.2 Å². The van der Waals surface area contributed by atoms with Crippen LogP contribution < -0.4 is 21.6 Å². The van der Waals surface area contributed by atoms with Crippen molar-refractivity contribution >= 4 is 34.1 Å². The number of para-hydroxylation sites is 1. The average Bonchev–Trinajstić information content (AvgIpc) is 2.60. The van der Waals surface area contributed by atoms with Gasteiger partial charge in [0.1, 0.15) is 11.4 Å². The molecule has 0 atom stereocenters. The SMILES string of the molecule is CCNc1c(NC(=O)Nc2ccc(F)cc2)c(=O)oc2ccccc12. The summed E-state index contributed by atoms with van der Waals surface area (Å²) in [5.74, 6) is -0.407. The van der Waals surface area contributed by atoms with Crippen molar-refractivity contribution in [2.45, 2.75) is 6.92 Å². The fourth-order valence-corrected chi connectivity index (χ4v) is 2.43. The second-order valence-electron chi connectivity index (χ2n) is 5.25. The minimum atomic E-state index is -0.663. The van der Waals surface area contributed by atoms with Crippen molar-refractivity contribution in [3.8, 4) is 0 Å². The standard InChI is InChI=1S/C18H16FN3O3/c1-2-20-15-13-5-3-4-6-14(13)25-17(23)16(15)22-18(24)21-12-9-7-11(19)8-10-12/h3-10,20H,2H2,1H3,(H2,21,22,24). The lowest BCUT2D eigenvalue weighted by Crippen LogP contribution is -2.24. The van der Waals surface area contributed by atoms with Crippen LogP contribution in [0.1, 0.15) is 6.92 Å². The predicted octanol–water partition coefficient (Wildman–Crippen LogP) is 4.01. The van der Waals surface area contributed by atoms with E-state index in [-0.39, 0.29) is 5.69 Å². The van der Waals surface area contributed by atoms with E-state index in [1.165, 1.54) is 24.3 Å². The van der Waals surface area contributed by atoms with Gasteiger partial charge in [0.25, 0.3) is 0 Å². The summed E-state index contributed by atoms with van der Waals surface area (Å²) in [4.78, 5) is 24.4. The molecule has 128 valence electrons.